The van der Waals surface area contributed by atoms with Gasteiger partial charge in [0.25, 0.3) is 0 Å². The van der Waals surface area contributed by atoms with Crippen molar-refractivity contribution in [2.24, 2.45) is 0 Å². The van der Waals surface area contributed by atoms with Gasteiger partial charge in [-0.2, -0.15) is 11.3 Å². The highest BCUT2D eigenvalue weighted by Gasteiger charge is 2.24. The summed E-state index contributed by atoms with van der Waals surface area (Å²) in [6, 6.07) is 11.7. The van der Waals surface area contributed by atoms with Crippen LogP contribution in [0.3, 0.4) is 0 Å². The molecule has 0 spiro atoms. The summed E-state index contributed by atoms with van der Waals surface area (Å²) in [6.07, 6.45) is 5.25. The van der Waals surface area contributed by atoms with E-state index in [0.717, 1.165) is 23.2 Å². The fourth-order valence-electron chi connectivity index (χ4n) is 3.44. The first-order valence-corrected chi connectivity index (χ1v) is 11.8. The van der Waals surface area contributed by atoms with Crippen LogP contribution in [-0.4, -0.2) is 25.9 Å². The van der Waals surface area contributed by atoms with E-state index in [-0.39, 0.29) is 10.8 Å². The molecule has 0 aliphatic carbocycles. The van der Waals surface area contributed by atoms with Gasteiger partial charge in [-0.05, 0) is 71.1 Å². The van der Waals surface area contributed by atoms with Gasteiger partial charge in [-0.15, -0.1) is 0 Å². The summed E-state index contributed by atoms with van der Waals surface area (Å²) in [6.45, 7) is 0.674. The number of benzene rings is 1. The standard InChI is InChI=1S/C21H21N3O3S2/c25-21-4-2-11-24(21)18-5-7-19(8-6-18)29(26,27)23-20(13-16-9-12-28-15-16)17-3-1-10-22-14-17/h1,3,5-10,12,14-15,20,23H,2,4,11,13H2. The Labute approximate surface area is 174 Å². The molecule has 1 aliphatic heterocycles. The highest BCUT2D eigenvalue weighted by atomic mass is 32.2. The van der Waals surface area contributed by atoms with Gasteiger partial charge in [0, 0.05) is 31.0 Å². The molecule has 1 N–H and O–H groups in total. The zero-order chi connectivity index (χ0) is 20.3. The lowest BCUT2D eigenvalue weighted by molar-refractivity contribution is -0.117. The Bertz CT molecular complexity index is 1070. The van der Waals surface area contributed by atoms with E-state index >= 15 is 0 Å². The van der Waals surface area contributed by atoms with Gasteiger partial charge < -0.3 is 4.90 Å². The number of hydrogen-bond acceptors (Lipinski definition) is 5. The van der Waals surface area contributed by atoms with Crippen LogP contribution in [0.2, 0.25) is 0 Å². The fourth-order valence-corrected chi connectivity index (χ4v) is 5.34. The van der Waals surface area contributed by atoms with Crippen LogP contribution < -0.4 is 9.62 Å². The van der Waals surface area contributed by atoms with Crippen molar-refractivity contribution < 1.29 is 13.2 Å². The highest BCUT2D eigenvalue weighted by molar-refractivity contribution is 7.89. The van der Waals surface area contributed by atoms with Crippen LogP contribution in [-0.2, 0) is 21.2 Å². The van der Waals surface area contributed by atoms with E-state index in [4.69, 9.17) is 0 Å². The molecule has 8 heteroatoms. The first-order chi connectivity index (χ1) is 14.0. The molecule has 1 fully saturated rings. The number of nitrogens with one attached hydrogen (secondary N) is 1. The molecule has 150 valence electrons. The SMILES string of the molecule is O=C1CCCN1c1ccc(S(=O)(=O)NC(Cc2ccsc2)c2cccnc2)cc1. The van der Waals surface area contributed by atoms with Crippen molar-refractivity contribution in [3.8, 4) is 0 Å². The molecule has 0 bridgehead atoms. The van der Waals surface area contributed by atoms with E-state index in [9.17, 15) is 13.2 Å². The molecule has 1 unspecified atom stereocenters. The molecule has 1 atom stereocenters. The second-order valence-corrected chi connectivity index (χ2v) is 9.43. The molecule has 4 rings (SSSR count). The van der Waals surface area contributed by atoms with Crippen molar-refractivity contribution in [1.29, 1.82) is 0 Å². The third-order valence-corrected chi connectivity index (χ3v) is 7.16. The monoisotopic (exact) mass is 427 g/mol. The minimum absolute atomic E-state index is 0.0751. The quantitative estimate of drug-likeness (QED) is 0.626. The summed E-state index contributed by atoms with van der Waals surface area (Å²) in [4.78, 5) is 17.9. The maximum absolute atomic E-state index is 13.0. The van der Waals surface area contributed by atoms with Crippen LogP contribution >= 0.6 is 11.3 Å². The molecule has 3 aromatic rings. The molecule has 29 heavy (non-hydrogen) atoms. The summed E-state index contributed by atoms with van der Waals surface area (Å²) in [5.74, 6) is 0.0751. The van der Waals surface area contributed by atoms with Crippen molar-refractivity contribution in [2.45, 2.75) is 30.2 Å². The summed E-state index contributed by atoms with van der Waals surface area (Å²) in [5, 5.41) is 3.99. The van der Waals surface area contributed by atoms with Gasteiger partial charge in [0.1, 0.15) is 0 Å². The molecule has 1 saturated heterocycles. The Morgan fingerprint density at radius 2 is 2.00 bits per heavy atom. The summed E-state index contributed by atoms with van der Waals surface area (Å²) >= 11 is 1.58. The Balaban J connectivity index is 1.57. The molecule has 0 radical (unpaired) electrons. The molecule has 3 heterocycles. The van der Waals surface area contributed by atoms with Crippen LogP contribution in [0, 0.1) is 0 Å². The number of aromatic nitrogens is 1. The molecule has 0 saturated carbocycles. The lowest BCUT2D eigenvalue weighted by atomic mass is 10.0. The molecular formula is C21H21N3O3S2. The van der Waals surface area contributed by atoms with Crippen molar-refractivity contribution in [3.05, 3.63) is 76.7 Å². The van der Waals surface area contributed by atoms with Gasteiger partial charge >= 0.3 is 0 Å². The van der Waals surface area contributed by atoms with Crippen molar-refractivity contribution >= 4 is 33.0 Å². The Morgan fingerprint density at radius 1 is 1.17 bits per heavy atom. The van der Waals surface area contributed by atoms with Crippen LogP contribution in [0.4, 0.5) is 5.69 Å². The lowest BCUT2D eigenvalue weighted by Gasteiger charge is -2.19. The van der Waals surface area contributed by atoms with Gasteiger partial charge in [0.15, 0.2) is 0 Å². The second-order valence-electron chi connectivity index (χ2n) is 6.94. The van der Waals surface area contributed by atoms with Crippen LogP contribution in [0.15, 0.2) is 70.5 Å². The average molecular weight is 428 g/mol. The topological polar surface area (TPSA) is 79.4 Å². The minimum Gasteiger partial charge on any atom is -0.312 e. The zero-order valence-corrected chi connectivity index (χ0v) is 17.3. The number of hydrogen-bond donors (Lipinski definition) is 1. The van der Waals surface area contributed by atoms with Crippen LogP contribution in [0.1, 0.15) is 30.0 Å². The normalized spacial score (nSPS) is 15.6. The highest BCUT2D eigenvalue weighted by Crippen LogP contribution is 2.25. The van der Waals surface area contributed by atoms with Gasteiger partial charge in [0.05, 0.1) is 10.9 Å². The number of anilines is 1. The number of thiophene rings is 1. The molecule has 2 aromatic heterocycles. The Hall–Kier alpha value is -2.55. The van der Waals surface area contributed by atoms with E-state index in [1.165, 1.54) is 0 Å². The first kappa shape index (κ1) is 19.8. The van der Waals surface area contributed by atoms with E-state index in [2.05, 4.69) is 9.71 Å². The first-order valence-electron chi connectivity index (χ1n) is 9.37. The third kappa shape index (κ3) is 4.55. The molecule has 1 aromatic carbocycles. The Kier molecular flexibility index (Phi) is 5.75. The number of rotatable bonds is 7. The van der Waals surface area contributed by atoms with E-state index in [1.807, 2.05) is 22.9 Å². The predicted molar refractivity (Wildman–Crippen MR) is 113 cm³/mol. The number of amides is 1. The van der Waals surface area contributed by atoms with Crippen molar-refractivity contribution in [3.63, 3.8) is 0 Å². The van der Waals surface area contributed by atoms with Crippen LogP contribution in [0.5, 0.6) is 0 Å². The number of carbonyl (C=O) groups is 1. The van der Waals surface area contributed by atoms with E-state index in [0.29, 0.717) is 19.4 Å². The Morgan fingerprint density at radius 3 is 2.62 bits per heavy atom. The summed E-state index contributed by atoms with van der Waals surface area (Å²) < 4.78 is 28.9. The van der Waals surface area contributed by atoms with Crippen molar-refractivity contribution in [2.75, 3.05) is 11.4 Å². The molecule has 1 aliphatic rings. The van der Waals surface area contributed by atoms with Gasteiger partial charge in [0.2, 0.25) is 15.9 Å². The maximum atomic E-state index is 13.0. The number of sulfonamides is 1. The van der Waals surface area contributed by atoms with E-state index < -0.39 is 16.1 Å². The fraction of sp³-hybridized carbons (Fsp3) is 0.238. The second kappa shape index (κ2) is 8.44. The predicted octanol–water partition coefficient (Wildman–Crippen LogP) is 3.53. The van der Waals surface area contributed by atoms with Crippen molar-refractivity contribution in [1.82, 2.24) is 9.71 Å². The number of carbonyl (C=O) groups excluding carboxylic acids is 1. The zero-order valence-electron chi connectivity index (χ0n) is 15.7. The number of nitrogens with zero attached hydrogens (tertiary/aromatic N) is 2. The third-order valence-electron chi connectivity index (χ3n) is 4.94. The average Bonchev–Trinajstić information content (AvgIpc) is 3.40. The van der Waals surface area contributed by atoms with Gasteiger partial charge in [-0.1, -0.05) is 6.07 Å². The summed E-state index contributed by atoms with van der Waals surface area (Å²) in [5.41, 5.74) is 2.60. The smallest absolute Gasteiger partial charge is 0.241 e. The number of pyridine rings is 1. The van der Waals surface area contributed by atoms with Crippen LogP contribution in [0.25, 0.3) is 0 Å². The van der Waals surface area contributed by atoms with Gasteiger partial charge in [-0.25, -0.2) is 13.1 Å². The minimum atomic E-state index is -3.74. The maximum Gasteiger partial charge on any atom is 0.241 e. The lowest BCUT2D eigenvalue weighted by Crippen LogP contribution is -2.30. The largest absolute Gasteiger partial charge is 0.312 e. The molecular weight excluding hydrogens is 406 g/mol. The molecule has 6 nitrogen and oxygen atoms in total. The van der Waals surface area contributed by atoms with E-state index in [1.54, 1.807) is 59.0 Å². The molecule has 1 amide bonds. The van der Waals surface area contributed by atoms with Gasteiger partial charge in [-0.3, -0.25) is 9.78 Å². The summed E-state index contributed by atoms with van der Waals surface area (Å²) in [7, 11) is -3.74.